The highest BCUT2D eigenvalue weighted by Crippen LogP contribution is 2.28. The second-order valence-electron chi connectivity index (χ2n) is 7.24. The van der Waals surface area contributed by atoms with Crippen molar-refractivity contribution in [2.45, 2.75) is 4.21 Å². The molecule has 2 aromatic carbocycles. The average Bonchev–Trinajstić information content (AvgIpc) is 3.35. The molecule has 4 rings (SSSR count). The fourth-order valence-electron chi connectivity index (χ4n) is 3.56. The van der Waals surface area contributed by atoms with Crippen LogP contribution >= 0.6 is 11.3 Å². The summed E-state index contributed by atoms with van der Waals surface area (Å²) in [5.74, 6) is -1.45. The van der Waals surface area contributed by atoms with Crippen LogP contribution in [-0.4, -0.2) is 51.9 Å². The van der Waals surface area contributed by atoms with Crippen LogP contribution in [0.15, 0.2) is 70.3 Å². The van der Waals surface area contributed by atoms with Gasteiger partial charge in [0, 0.05) is 31.9 Å². The van der Waals surface area contributed by atoms with Crippen LogP contribution in [0.1, 0.15) is 0 Å². The number of nitrogens with zero attached hydrogens (tertiary/aromatic N) is 3. The highest BCUT2D eigenvalue weighted by molar-refractivity contribution is 7.94. The van der Waals surface area contributed by atoms with Gasteiger partial charge in [0.15, 0.2) is 0 Å². The number of para-hydroxylation sites is 1. The number of rotatable bonds is 6. The largest absolute Gasteiger partial charge is 0.368 e. The first-order chi connectivity index (χ1) is 15.4. The molecular weight excluding hydrogens is 456 g/mol. The van der Waals surface area contributed by atoms with E-state index in [9.17, 15) is 22.0 Å². The van der Waals surface area contributed by atoms with Crippen LogP contribution in [0.25, 0.3) is 0 Å². The number of hydrogen-bond acceptors (Lipinski definition) is 5. The monoisotopic (exact) mass is 477 g/mol. The van der Waals surface area contributed by atoms with E-state index in [4.69, 9.17) is 0 Å². The molecule has 0 aliphatic carbocycles. The van der Waals surface area contributed by atoms with E-state index >= 15 is 0 Å². The molecule has 168 valence electrons. The Hall–Kier alpha value is -2.98. The maximum absolute atomic E-state index is 14.5. The zero-order valence-corrected chi connectivity index (χ0v) is 18.7. The molecule has 1 aromatic heterocycles. The summed E-state index contributed by atoms with van der Waals surface area (Å²) in [6, 6.07) is 14.7. The molecule has 32 heavy (non-hydrogen) atoms. The van der Waals surface area contributed by atoms with Crippen LogP contribution in [-0.2, 0) is 14.8 Å². The molecule has 1 amide bonds. The lowest BCUT2D eigenvalue weighted by Crippen LogP contribution is -2.52. The smallest absolute Gasteiger partial charge is 0.274 e. The highest BCUT2D eigenvalue weighted by Gasteiger charge is 2.32. The van der Waals surface area contributed by atoms with Crippen LogP contribution in [0, 0.1) is 11.6 Å². The number of piperazine rings is 1. The molecule has 0 saturated carbocycles. The summed E-state index contributed by atoms with van der Waals surface area (Å²) in [6.45, 7) is 1.29. The van der Waals surface area contributed by atoms with E-state index in [1.54, 1.807) is 28.5 Å². The zero-order valence-electron chi connectivity index (χ0n) is 17.0. The fourth-order valence-corrected chi connectivity index (χ4v) is 6.09. The van der Waals surface area contributed by atoms with Gasteiger partial charge in [0.1, 0.15) is 22.4 Å². The minimum absolute atomic E-state index is 0.0367. The molecule has 0 N–H and O–H groups in total. The van der Waals surface area contributed by atoms with Gasteiger partial charge in [-0.1, -0.05) is 18.2 Å². The van der Waals surface area contributed by atoms with Gasteiger partial charge in [-0.25, -0.2) is 17.2 Å². The summed E-state index contributed by atoms with van der Waals surface area (Å²) in [7, 11) is -4.11. The summed E-state index contributed by atoms with van der Waals surface area (Å²) >= 11 is 1.01. The van der Waals surface area contributed by atoms with E-state index in [0.717, 1.165) is 27.4 Å². The predicted octanol–water partition coefficient (Wildman–Crippen LogP) is 3.57. The van der Waals surface area contributed by atoms with Crippen molar-refractivity contribution in [1.29, 1.82) is 0 Å². The molecule has 0 radical (unpaired) electrons. The molecule has 6 nitrogen and oxygen atoms in total. The molecule has 0 unspecified atom stereocenters. The average molecular weight is 478 g/mol. The maximum atomic E-state index is 14.5. The molecule has 0 atom stereocenters. The van der Waals surface area contributed by atoms with E-state index in [2.05, 4.69) is 0 Å². The number of benzene rings is 2. The Balaban J connectivity index is 1.51. The van der Waals surface area contributed by atoms with Crippen LogP contribution < -0.4 is 9.21 Å². The Morgan fingerprint density at radius 2 is 1.62 bits per heavy atom. The Morgan fingerprint density at radius 3 is 2.25 bits per heavy atom. The Kier molecular flexibility index (Phi) is 6.43. The van der Waals surface area contributed by atoms with Gasteiger partial charge in [-0.3, -0.25) is 9.10 Å². The molecule has 3 aromatic rings. The van der Waals surface area contributed by atoms with Gasteiger partial charge in [-0.15, -0.1) is 11.3 Å². The van der Waals surface area contributed by atoms with Crippen LogP contribution in [0.3, 0.4) is 0 Å². The second-order valence-corrected chi connectivity index (χ2v) is 10.3. The van der Waals surface area contributed by atoms with Crippen molar-refractivity contribution in [3.8, 4) is 0 Å². The summed E-state index contributed by atoms with van der Waals surface area (Å²) < 4.78 is 54.9. The van der Waals surface area contributed by atoms with E-state index in [1.165, 1.54) is 36.4 Å². The van der Waals surface area contributed by atoms with E-state index in [0.29, 0.717) is 26.2 Å². The lowest BCUT2D eigenvalue weighted by Gasteiger charge is -2.37. The third-order valence-corrected chi connectivity index (χ3v) is 8.40. The molecule has 0 bridgehead atoms. The summed E-state index contributed by atoms with van der Waals surface area (Å²) in [4.78, 5) is 16.6. The van der Waals surface area contributed by atoms with E-state index in [-0.39, 0.29) is 15.7 Å². The highest BCUT2D eigenvalue weighted by atomic mass is 32.2. The van der Waals surface area contributed by atoms with Gasteiger partial charge < -0.3 is 9.80 Å². The van der Waals surface area contributed by atoms with Crippen molar-refractivity contribution < 1.29 is 22.0 Å². The molecule has 1 fully saturated rings. The number of anilines is 2. The van der Waals surface area contributed by atoms with Crippen molar-refractivity contribution in [1.82, 2.24) is 4.90 Å². The fraction of sp³-hybridized carbons (Fsp3) is 0.227. The molecule has 1 saturated heterocycles. The first kappa shape index (κ1) is 22.2. The van der Waals surface area contributed by atoms with Crippen LogP contribution in [0.4, 0.5) is 20.2 Å². The van der Waals surface area contributed by atoms with Crippen molar-refractivity contribution >= 4 is 38.6 Å². The molecule has 0 spiro atoms. The first-order valence-corrected chi connectivity index (χ1v) is 12.3. The normalized spacial score (nSPS) is 14.4. The van der Waals surface area contributed by atoms with Crippen molar-refractivity contribution in [2.75, 3.05) is 41.9 Å². The van der Waals surface area contributed by atoms with Crippen LogP contribution in [0.5, 0.6) is 0 Å². The van der Waals surface area contributed by atoms with Gasteiger partial charge in [-0.05, 0) is 47.8 Å². The molecule has 1 aliphatic heterocycles. The van der Waals surface area contributed by atoms with Gasteiger partial charge >= 0.3 is 0 Å². The standard InChI is InChI=1S/C22H21F2N3O3S2/c23-17-7-9-18(10-8-17)25-11-13-26(14-12-25)21(28)16-27(20-5-2-1-4-19(20)24)32(29,30)22-6-3-15-31-22/h1-10,15H,11-14,16H2. The van der Waals surface area contributed by atoms with Crippen LogP contribution in [0.2, 0.25) is 0 Å². The summed E-state index contributed by atoms with van der Waals surface area (Å²) in [6.07, 6.45) is 0. The number of carbonyl (C=O) groups excluding carboxylic acids is 1. The molecule has 2 heterocycles. The Labute approximate surface area is 189 Å². The minimum atomic E-state index is -4.11. The van der Waals surface area contributed by atoms with E-state index < -0.39 is 28.3 Å². The third kappa shape index (κ3) is 4.61. The summed E-state index contributed by atoms with van der Waals surface area (Å²) in [5.41, 5.74) is 0.686. The number of sulfonamides is 1. The van der Waals surface area contributed by atoms with Gasteiger partial charge in [-0.2, -0.15) is 0 Å². The second kappa shape index (κ2) is 9.25. The van der Waals surface area contributed by atoms with Gasteiger partial charge in [0.25, 0.3) is 10.0 Å². The van der Waals surface area contributed by atoms with Gasteiger partial charge in [0.2, 0.25) is 5.91 Å². The minimum Gasteiger partial charge on any atom is -0.368 e. The third-order valence-electron chi connectivity index (χ3n) is 5.26. The van der Waals surface area contributed by atoms with E-state index in [1.807, 2.05) is 4.90 Å². The van der Waals surface area contributed by atoms with Crippen molar-refractivity contribution in [2.24, 2.45) is 0 Å². The summed E-state index contributed by atoms with van der Waals surface area (Å²) in [5, 5.41) is 1.61. The molecule has 10 heteroatoms. The Bertz CT molecular complexity index is 1180. The SMILES string of the molecule is O=C(CN(c1ccccc1F)S(=O)(=O)c1cccs1)N1CCN(c2ccc(F)cc2)CC1. The Morgan fingerprint density at radius 1 is 0.938 bits per heavy atom. The van der Waals surface area contributed by atoms with Crippen molar-refractivity contribution in [3.63, 3.8) is 0 Å². The quantitative estimate of drug-likeness (QED) is 0.545. The molecular formula is C22H21F2N3O3S2. The lowest BCUT2D eigenvalue weighted by molar-refractivity contribution is -0.129. The number of carbonyl (C=O) groups is 1. The number of halogens is 2. The topological polar surface area (TPSA) is 60.9 Å². The first-order valence-electron chi connectivity index (χ1n) is 9.95. The lowest BCUT2D eigenvalue weighted by atomic mass is 10.2. The van der Waals surface area contributed by atoms with Gasteiger partial charge in [0.05, 0.1) is 5.69 Å². The predicted molar refractivity (Wildman–Crippen MR) is 120 cm³/mol. The maximum Gasteiger partial charge on any atom is 0.274 e. The molecule has 1 aliphatic rings. The number of thiophene rings is 1. The zero-order chi connectivity index (χ0) is 22.7. The number of amides is 1. The number of hydrogen-bond donors (Lipinski definition) is 0. The van der Waals surface area contributed by atoms with Crippen molar-refractivity contribution in [3.05, 3.63) is 77.7 Å².